The SMILES string of the molecule is CC=NC(=N)c1ncc(C)nc1C(=O)OC. The van der Waals surface area contributed by atoms with Gasteiger partial charge in [0.05, 0.1) is 12.8 Å². The van der Waals surface area contributed by atoms with Crippen molar-refractivity contribution >= 4 is 18.0 Å². The summed E-state index contributed by atoms with van der Waals surface area (Å²) in [6.45, 7) is 3.38. The van der Waals surface area contributed by atoms with Crippen LogP contribution in [0.15, 0.2) is 11.2 Å². The number of aromatic nitrogens is 2. The van der Waals surface area contributed by atoms with Crippen molar-refractivity contribution < 1.29 is 9.53 Å². The van der Waals surface area contributed by atoms with E-state index < -0.39 is 5.97 Å². The van der Waals surface area contributed by atoms with Crippen LogP contribution in [-0.2, 0) is 4.74 Å². The van der Waals surface area contributed by atoms with E-state index in [4.69, 9.17) is 5.41 Å². The Morgan fingerprint density at radius 2 is 2.25 bits per heavy atom. The Balaban J connectivity index is 3.27. The molecule has 1 aromatic heterocycles. The average Bonchev–Trinajstić information content (AvgIpc) is 2.28. The minimum atomic E-state index is -0.623. The molecule has 1 aromatic rings. The maximum Gasteiger partial charge on any atom is 0.359 e. The van der Waals surface area contributed by atoms with Gasteiger partial charge in [0, 0.05) is 12.4 Å². The highest BCUT2D eigenvalue weighted by Crippen LogP contribution is 2.07. The molecule has 16 heavy (non-hydrogen) atoms. The van der Waals surface area contributed by atoms with E-state index in [-0.39, 0.29) is 17.2 Å². The van der Waals surface area contributed by atoms with Gasteiger partial charge in [-0.2, -0.15) is 0 Å². The van der Waals surface area contributed by atoms with Crippen molar-refractivity contribution in [2.45, 2.75) is 13.8 Å². The van der Waals surface area contributed by atoms with Gasteiger partial charge in [0.25, 0.3) is 0 Å². The molecule has 0 atom stereocenters. The molecule has 0 aliphatic heterocycles. The highest BCUT2D eigenvalue weighted by atomic mass is 16.5. The molecule has 0 spiro atoms. The Morgan fingerprint density at radius 1 is 1.56 bits per heavy atom. The molecular formula is C10H12N4O2. The molecule has 0 bridgehead atoms. The Morgan fingerprint density at radius 3 is 2.81 bits per heavy atom. The third kappa shape index (κ3) is 2.47. The zero-order chi connectivity index (χ0) is 12.1. The number of aryl methyl sites for hydroxylation is 1. The number of nitrogens with one attached hydrogen (secondary N) is 1. The molecule has 1 N–H and O–H groups in total. The lowest BCUT2D eigenvalue weighted by molar-refractivity contribution is 0.0593. The fourth-order valence-corrected chi connectivity index (χ4v) is 1.08. The molecule has 1 rings (SSSR count). The molecule has 0 unspecified atom stereocenters. The first kappa shape index (κ1) is 12.0. The molecule has 0 saturated heterocycles. The Bertz CT molecular complexity index is 454. The molecule has 0 aliphatic carbocycles. The Labute approximate surface area is 92.9 Å². The zero-order valence-corrected chi connectivity index (χ0v) is 9.31. The molecule has 0 aliphatic rings. The molecule has 0 aromatic carbocycles. The summed E-state index contributed by atoms with van der Waals surface area (Å²) in [4.78, 5) is 23.1. The third-order valence-electron chi connectivity index (χ3n) is 1.75. The second kappa shape index (κ2) is 5.11. The maximum atomic E-state index is 11.4. The summed E-state index contributed by atoms with van der Waals surface area (Å²) >= 11 is 0. The summed E-state index contributed by atoms with van der Waals surface area (Å²) in [5.74, 6) is -0.738. The van der Waals surface area contributed by atoms with Crippen LogP contribution >= 0.6 is 0 Å². The number of amidine groups is 1. The van der Waals surface area contributed by atoms with Crippen LogP contribution in [0.5, 0.6) is 0 Å². The van der Waals surface area contributed by atoms with Gasteiger partial charge in [-0.3, -0.25) is 5.41 Å². The van der Waals surface area contributed by atoms with E-state index >= 15 is 0 Å². The van der Waals surface area contributed by atoms with E-state index in [1.54, 1.807) is 13.8 Å². The van der Waals surface area contributed by atoms with Crippen LogP contribution in [0.2, 0.25) is 0 Å². The van der Waals surface area contributed by atoms with E-state index in [0.29, 0.717) is 5.69 Å². The summed E-state index contributed by atoms with van der Waals surface area (Å²) in [6.07, 6.45) is 2.92. The normalized spacial score (nSPS) is 10.4. The number of hydrogen-bond acceptors (Lipinski definition) is 5. The van der Waals surface area contributed by atoms with Crippen molar-refractivity contribution in [2.24, 2.45) is 4.99 Å². The first-order valence-corrected chi connectivity index (χ1v) is 4.59. The van der Waals surface area contributed by atoms with Crippen molar-refractivity contribution in [3.63, 3.8) is 0 Å². The van der Waals surface area contributed by atoms with Crippen LogP contribution in [0.3, 0.4) is 0 Å². The molecule has 1 heterocycles. The van der Waals surface area contributed by atoms with Crippen LogP contribution in [0, 0.1) is 12.3 Å². The van der Waals surface area contributed by atoms with Gasteiger partial charge in [0.2, 0.25) is 0 Å². The lowest BCUT2D eigenvalue weighted by Gasteiger charge is -2.04. The topological polar surface area (TPSA) is 88.3 Å². The molecule has 0 radical (unpaired) electrons. The summed E-state index contributed by atoms with van der Waals surface area (Å²) in [6, 6.07) is 0. The van der Waals surface area contributed by atoms with Gasteiger partial charge in [-0.15, -0.1) is 0 Å². The molecule has 0 fully saturated rings. The Kier molecular flexibility index (Phi) is 3.82. The zero-order valence-electron chi connectivity index (χ0n) is 9.31. The van der Waals surface area contributed by atoms with E-state index in [2.05, 4.69) is 19.7 Å². The number of methoxy groups -OCH3 is 1. The van der Waals surface area contributed by atoms with Crippen LogP contribution in [0.25, 0.3) is 0 Å². The van der Waals surface area contributed by atoms with E-state index in [9.17, 15) is 4.79 Å². The number of nitrogens with zero attached hydrogens (tertiary/aromatic N) is 3. The smallest absolute Gasteiger partial charge is 0.359 e. The summed E-state index contributed by atoms with van der Waals surface area (Å²) < 4.78 is 4.57. The molecule has 0 amide bonds. The van der Waals surface area contributed by atoms with Gasteiger partial charge >= 0.3 is 5.97 Å². The summed E-state index contributed by atoms with van der Waals surface area (Å²) in [5, 5.41) is 7.60. The Hall–Kier alpha value is -2.11. The average molecular weight is 220 g/mol. The first-order chi connectivity index (χ1) is 7.60. The number of esters is 1. The van der Waals surface area contributed by atoms with Crippen LogP contribution in [0.1, 0.15) is 28.8 Å². The first-order valence-electron chi connectivity index (χ1n) is 4.59. The lowest BCUT2D eigenvalue weighted by atomic mass is 10.2. The predicted molar refractivity (Wildman–Crippen MR) is 59.1 cm³/mol. The van der Waals surface area contributed by atoms with Gasteiger partial charge < -0.3 is 4.74 Å². The van der Waals surface area contributed by atoms with Gasteiger partial charge in [0.1, 0.15) is 5.69 Å². The molecular weight excluding hydrogens is 208 g/mol. The van der Waals surface area contributed by atoms with E-state index in [0.717, 1.165) is 0 Å². The molecule has 6 heteroatoms. The van der Waals surface area contributed by atoms with Crippen LogP contribution in [0.4, 0.5) is 0 Å². The molecule has 6 nitrogen and oxygen atoms in total. The number of aliphatic imine (C=N–C) groups is 1. The summed E-state index contributed by atoms with van der Waals surface area (Å²) in [7, 11) is 1.25. The van der Waals surface area contributed by atoms with Gasteiger partial charge in [-0.25, -0.2) is 19.8 Å². The number of carbonyl (C=O) groups excluding carboxylic acids is 1. The maximum absolute atomic E-state index is 11.4. The standard InChI is InChI=1S/C10H12N4O2/c1-4-12-9(11)7-8(10(15)16-3)14-6(2)5-13-7/h4-5,11H,1-3H3. The lowest BCUT2D eigenvalue weighted by Crippen LogP contribution is -2.14. The van der Waals surface area contributed by atoms with Gasteiger partial charge in [0.15, 0.2) is 11.5 Å². The highest BCUT2D eigenvalue weighted by Gasteiger charge is 2.18. The fraction of sp³-hybridized carbons (Fsp3) is 0.300. The minimum Gasteiger partial charge on any atom is -0.464 e. The van der Waals surface area contributed by atoms with Crippen molar-refractivity contribution in [1.82, 2.24) is 9.97 Å². The minimum absolute atomic E-state index is 0.0121. The van der Waals surface area contributed by atoms with Crippen molar-refractivity contribution in [3.8, 4) is 0 Å². The van der Waals surface area contributed by atoms with Crippen LogP contribution < -0.4 is 0 Å². The van der Waals surface area contributed by atoms with E-state index in [1.807, 2.05) is 0 Å². The van der Waals surface area contributed by atoms with Crippen molar-refractivity contribution in [3.05, 3.63) is 23.3 Å². The van der Waals surface area contributed by atoms with Gasteiger partial charge in [-0.1, -0.05) is 0 Å². The fourth-order valence-electron chi connectivity index (χ4n) is 1.08. The number of rotatable bonds is 2. The van der Waals surface area contributed by atoms with E-state index in [1.165, 1.54) is 19.5 Å². The third-order valence-corrected chi connectivity index (χ3v) is 1.75. The summed E-state index contributed by atoms with van der Waals surface area (Å²) in [5.41, 5.74) is 0.714. The van der Waals surface area contributed by atoms with Gasteiger partial charge in [-0.05, 0) is 13.8 Å². The van der Waals surface area contributed by atoms with Crippen molar-refractivity contribution in [1.29, 1.82) is 5.41 Å². The monoisotopic (exact) mass is 220 g/mol. The molecule has 0 saturated carbocycles. The number of carbonyl (C=O) groups is 1. The largest absolute Gasteiger partial charge is 0.464 e. The number of ether oxygens (including phenoxy) is 1. The second-order valence-corrected chi connectivity index (χ2v) is 2.94. The highest BCUT2D eigenvalue weighted by molar-refractivity contribution is 6.06. The number of hydrogen-bond donors (Lipinski definition) is 1. The predicted octanol–water partition coefficient (Wildman–Crippen LogP) is 0.988. The van der Waals surface area contributed by atoms with Crippen molar-refractivity contribution in [2.75, 3.05) is 7.11 Å². The van der Waals surface area contributed by atoms with Crippen LogP contribution in [-0.4, -0.2) is 35.1 Å². The second-order valence-electron chi connectivity index (χ2n) is 2.94. The quantitative estimate of drug-likeness (QED) is 0.457. The molecule has 84 valence electrons.